The molecular weight excluding hydrogens is 276 g/mol. The third kappa shape index (κ3) is 3.10. The molecule has 1 saturated heterocycles. The lowest BCUT2D eigenvalue weighted by atomic mass is 10.00. The maximum Gasteiger partial charge on any atom is 0.0417 e. The van der Waals surface area contributed by atoms with Crippen molar-refractivity contribution >= 4 is 23.4 Å². The SMILES string of the molecule is CN1CCN(C2CCCSc3cc(Cl)ccc32)CC1. The van der Waals surface area contributed by atoms with Gasteiger partial charge in [0.05, 0.1) is 0 Å². The van der Waals surface area contributed by atoms with E-state index in [4.69, 9.17) is 11.6 Å². The average molecular weight is 297 g/mol. The van der Waals surface area contributed by atoms with Gasteiger partial charge in [0, 0.05) is 42.1 Å². The quantitative estimate of drug-likeness (QED) is 0.783. The molecule has 2 aliphatic rings. The fraction of sp³-hybridized carbons (Fsp3) is 0.600. The van der Waals surface area contributed by atoms with Crippen molar-refractivity contribution in [3.63, 3.8) is 0 Å². The van der Waals surface area contributed by atoms with Crippen LogP contribution in [-0.2, 0) is 0 Å². The molecule has 1 fully saturated rings. The lowest BCUT2D eigenvalue weighted by molar-refractivity contribution is 0.106. The molecule has 104 valence electrons. The highest BCUT2D eigenvalue weighted by Crippen LogP contribution is 2.39. The standard InChI is InChI=1S/C15H21ClN2S/c1-17-6-8-18(9-7-17)14-3-2-10-19-15-11-12(16)4-5-13(14)15/h4-5,11,14H,2-3,6-10H2,1H3. The lowest BCUT2D eigenvalue weighted by Crippen LogP contribution is -2.45. The number of hydrogen-bond donors (Lipinski definition) is 0. The number of halogens is 1. The fourth-order valence-electron chi connectivity index (χ4n) is 3.04. The maximum atomic E-state index is 6.15. The summed E-state index contributed by atoms with van der Waals surface area (Å²) < 4.78 is 0. The molecule has 3 rings (SSSR count). The summed E-state index contributed by atoms with van der Waals surface area (Å²) in [6.07, 6.45) is 2.58. The summed E-state index contributed by atoms with van der Waals surface area (Å²) in [5, 5.41) is 0.866. The van der Waals surface area contributed by atoms with Gasteiger partial charge in [-0.05, 0) is 43.3 Å². The number of hydrogen-bond acceptors (Lipinski definition) is 3. The van der Waals surface area contributed by atoms with E-state index in [1.807, 2.05) is 11.8 Å². The van der Waals surface area contributed by atoms with Gasteiger partial charge in [0.15, 0.2) is 0 Å². The zero-order valence-corrected chi connectivity index (χ0v) is 13.0. The fourth-order valence-corrected chi connectivity index (χ4v) is 4.38. The van der Waals surface area contributed by atoms with E-state index in [2.05, 4.69) is 35.0 Å². The molecule has 1 unspecified atom stereocenters. The van der Waals surface area contributed by atoms with Crippen LogP contribution in [0, 0.1) is 0 Å². The van der Waals surface area contributed by atoms with Gasteiger partial charge in [0.1, 0.15) is 0 Å². The van der Waals surface area contributed by atoms with Crippen molar-refractivity contribution in [2.45, 2.75) is 23.8 Å². The van der Waals surface area contributed by atoms with Crippen molar-refractivity contribution in [2.24, 2.45) is 0 Å². The van der Waals surface area contributed by atoms with E-state index in [-0.39, 0.29) is 0 Å². The number of benzene rings is 1. The average Bonchev–Trinajstić information content (AvgIpc) is 2.61. The first-order chi connectivity index (χ1) is 9.24. The number of piperazine rings is 1. The van der Waals surface area contributed by atoms with Crippen LogP contribution in [0.5, 0.6) is 0 Å². The van der Waals surface area contributed by atoms with Crippen molar-refractivity contribution in [2.75, 3.05) is 39.0 Å². The molecule has 0 saturated carbocycles. The van der Waals surface area contributed by atoms with Crippen LogP contribution in [0.25, 0.3) is 0 Å². The molecule has 0 aliphatic carbocycles. The van der Waals surface area contributed by atoms with Gasteiger partial charge in [-0.2, -0.15) is 0 Å². The first kappa shape index (κ1) is 13.7. The van der Waals surface area contributed by atoms with E-state index >= 15 is 0 Å². The second-order valence-corrected chi connectivity index (χ2v) is 7.10. The van der Waals surface area contributed by atoms with E-state index in [1.54, 1.807) is 0 Å². The van der Waals surface area contributed by atoms with Gasteiger partial charge < -0.3 is 4.90 Å². The van der Waals surface area contributed by atoms with Crippen molar-refractivity contribution in [1.82, 2.24) is 9.80 Å². The van der Waals surface area contributed by atoms with Crippen molar-refractivity contribution in [3.8, 4) is 0 Å². The Morgan fingerprint density at radius 1 is 1.21 bits per heavy atom. The van der Waals surface area contributed by atoms with Crippen LogP contribution < -0.4 is 0 Å². The van der Waals surface area contributed by atoms with Crippen LogP contribution in [0.4, 0.5) is 0 Å². The third-order valence-electron chi connectivity index (χ3n) is 4.19. The van der Waals surface area contributed by atoms with E-state index in [0.717, 1.165) is 5.02 Å². The van der Waals surface area contributed by atoms with E-state index in [0.29, 0.717) is 6.04 Å². The number of fused-ring (bicyclic) bond motifs is 1. The van der Waals surface area contributed by atoms with Crippen LogP contribution >= 0.6 is 23.4 Å². The topological polar surface area (TPSA) is 6.48 Å². The van der Waals surface area contributed by atoms with Gasteiger partial charge in [0.25, 0.3) is 0 Å². The minimum Gasteiger partial charge on any atom is -0.304 e. The molecule has 0 spiro atoms. The predicted molar refractivity (Wildman–Crippen MR) is 83.2 cm³/mol. The molecule has 2 heterocycles. The van der Waals surface area contributed by atoms with Crippen LogP contribution in [0.1, 0.15) is 24.4 Å². The van der Waals surface area contributed by atoms with Gasteiger partial charge in [-0.15, -0.1) is 11.8 Å². The lowest BCUT2D eigenvalue weighted by Gasteiger charge is -2.38. The molecule has 1 aromatic carbocycles. The normalized spacial score (nSPS) is 25.9. The van der Waals surface area contributed by atoms with Gasteiger partial charge in [-0.1, -0.05) is 17.7 Å². The zero-order valence-electron chi connectivity index (χ0n) is 11.4. The zero-order chi connectivity index (χ0) is 13.2. The Morgan fingerprint density at radius 3 is 2.79 bits per heavy atom. The molecule has 0 radical (unpaired) electrons. The summed E-state index contributed by atoms with van der Waals surface area (Å²) in [6.45, 7) is 4.75. The van der Waals surface area contributed by atoms with Crippen molar-refractivity contribution in [3.05, 3.63) is 28.8 Å². The molecule has 0 amide bonds. The predicted octanol–water partition coefficient (Wildman–Crippen LogP) is 3.51. The summed E-state index contributed by atoms with van der Waals surface area (Å²) >= 11 is 8.12. The number of rotatable bonds is 1. The van der Waals surface area contributed by atoms with Crippen LogP contribution in [0.15, 0.2) is 23.1 Å². The molecular formula is C15H21ClN2S. The highest BCUT2D eigenvalue weighted by Gasteiger charge is 2.27. The van der Waals surface area contributed by atoms with Crippen LogP contribution in [0.3, 0.4) is 0 Å². The third-order valence-corrected chi connectivity index (χ3v) is 5.59. The Kier molecular flexibility index (Phi) is 4.37. The highest BCUT2D eigenvalue weighted by molar-refractivity contribution is 7.99. The van der Waals surface area contributed by atoms with Crippen molar-refractivity contribution in [1.29, 1.82) is 0 Å². The Labute approximate surface area is 125 Å². The van der Waals surface area contributed by atoms with Gasteiger partial charge in [0.2, 0.25) is 0 Å². The maximum absolute atomic E-state index is 6.15. The number of thioether (sulfide) groups is 1. The Balaban J connectivity index is 1.85. The second-order valence-electron chi connectivity index (χ2n) is 5.53. The minimum absolute atomic E-state index is 0.593. The second kappa shape index (κ2) is 6.04. The summed E-state index contributed by atoms with van der Waals surface area (Å²) in [4.78, 5) is 6.48. The molecule has 4 heteroatoms. The summed E-state index contributed by atoms with van der Waals surface area (Å²) in [7, 11) is 2.22. The minimum atomic E-state index is 0.593. The largest absolute Gasteiger partial charge is 0.304 e. The first-order valence-electron chi connectivity index (χ1n) is 7.09. The molecule has 1 atom stereocenters. The number of likely N-dealkylation sites (N-methyl/N-ethyl adjacent to an activating group) is 1. The van der Waals surface area contributed by atoms with Gasteiger partial charge >= 0.3 is 0 Å². The first-order valence-corrected chi connectivity index (χ1v) is 8.45. The van der Waals surface area contributed by atoms with Crippen LogP contribution in [0.2, 0.25) is 5.02 Å². The monoisotopic (exact) mass is 296 g/mol. The molecule has 0 N–H and O–H groups in total. The van der Waals surface area contributed by atoms with Crippen molar-refractivity contribution < 1.29 is 0 Å². The molecule has 0 bridgehead atoms. The Morgan fingerprint density at radius 2 is 2.00 bits per heavy atom. The molecule has 2 aliphatic heterocycles. The summed E-state index contributed by atoms with van der Waals surface area (Å²) in [5.41, 5.74) is 1.50. The Hall–Kier alpha value is -0.220. The molecule has 19 heavy (non-hydrogen) atoms. The van der Waals surface area contributed by atoms with E-state index < -0.39 is 0 Å². The number of nitrogens with zero attached hydrogens (tertiary/aromatic N) is 2. The molecule has 1 aromatic rings. The molecule has 0 aromatic heterocycles. The highest BCUT2D eigenvalue weighted by atomic mass is 35.5. The van der Waals surface area contributed by atoms with E-state index in [9.17, 15) is 0 Å². The summed E-state index contributed by atoms with van der Waals surface area (Å²) in [5.74, 6) is 1.22. The van der Waals surface area contributed by atoms with E-state index in [1.165, 1.54) is 55.2 Å². The Bertz CT molecular complexity index is 444. The summed E-state index contributed by atoms with van der Waals surface area (Å²) in [6, 6.07) is 7.04. The van der Waals surface area contributed by atoms with Crippen LogP contribution in [-0.4, -0.2) is 48.8 Å². The van der Waals surface area contributed by atoms with Gasteiger partial charge in [-0.3, -0.25) is 4.90 Å². The smallest absolute Gasteiger partial charge is 0.0417 e. The molecule has 2 nitrogen and oxygen atoms in total. The van der Waals surface area contributed by atoms with Gasteiger partial charge in [-0.25, -0.2) is 0 Å².